The van der Waals surface area contributed by atoms with Crippen LogP contribution in [0.3, 0.4) is 0 Å². The minimum Gasteiger partial charge on any atom is -0.458 e. The summed E-state index contributed by atoms with van der Waals surface area (Å²) in [5.74, 6) is 0.236. The largest absolute Gasteiger partial charge is 0.458 e. The van der Waals surface area contributed by atoms with E-state index in [0.29, 0.717) is 13.0 Å². The second-order valence-corrected chi connectivity index (χ2v) is 10.1. The van der Waals surface area contributed by atoms with Crippen LogP contribution in [-0.4, -0.2) is 45.9 Å². The number of fused-ring (bicyclic) bond motifs is 5. The molecule has 5 aliphatic rings. The monoisotopic (exact) mass is 401 g/mol. The summed E-state index contributed by atoms with van der Waals surface area (Å²) in [5, 5.41) is 35.3. The third-order valence-electron chi connectivity index (χ3n) is 9.30. The predicted molar refractivity (Wildman–Crippen MR) is 106 cm³/mol. The van der Waals surface area contributed by atoms with Crippen molar-refractivity contribution >= 4 is 12.2 Å². The zero-order chi connectivity index (χ0) is 20.4. The lowest BCUT2D eigenvalue weighted by atomic mass is 9.44. The van der Waals surface area contributed by atoms with Crippen LogP contribution in [0.1, 0.15) is 58.3 Å². The number of esters is 1. The van der Waals surface area contributed by atoms with Crippen molar-refractivity contribution < 1.29 is 25.0 Å². The molecule has 0 unspecified atom stereocenters. The van der Waals surface area contributed by atoms with Gasteiger partial charge in [0.1, 0.15) is 6.61 Å². The van der Waals surface area contributed by atoms with Crippen LogP contribution in [0.25, 0.3) is 0 Å². The maximum atomic E-state index is 12.2. The molecular formula is C23H31NO5. The van der Waals surface area contributed by atoms with Crippen LogP contribution in [-0.2, 0) is 9.53 Å². The van der Waals surface area contributed by atoms with E-state index >= 15 is 0 Å². The predicted octanol–water partition coefficient (Wildman–Crippen LogP) is 2.96. The number of carbonyl (C=O) groups is 1. The lowest BCUT2D eigenvalue weighted by Gasteiger charge is -2.61. The Kier molecular flexibility index (Phi) is 4.27. The van der Waals surface area contributed by atoms with Gasteiger partial charge in [0.25, 0.3) is 0 Å². The molecule has 158 valence electrons. The highest BCUT2D eigenvalue weighted by molar-refractivity contribution is 5.85. The molecule has 0 aromatic rings. The van der Waals surface area contributed by atoms with Crippen LogP contribution in [0.5, 0.6) is 0 Å². The van der Waals surface area contributed by atoms with Crippen LogP contribution in [0, 0.1) is 28.6 Å². The quantitative estimate of drug-likeness (QED) is 0.217. The first kappa shape index (κ1) is 19.3. The van der Waals surface area contributed by atoms with Gasteiger partial charge in [0.15, 0.2) is 0 Å². The number of hydrogen-bond acceptors (Lipinski definition) is 6. The van der Waals surface area contributed by atoms with Gasteiger partial charge >= 0.3 is 5.97 Å². The lowest BCUT2D eigenvalue weighted by molar-refractivity contribution is -0.175. The molecule has 1 heterocycles. The highest BCUT2D eigenvalue weighted by atomic mass is 16.5. The first-order valence-corrected chi connectivity index (χ1v) is 11.0. The molecule has 4 aliphatic carbocycles. The molecule has 3 saturated carbocycles. The summed E-state index contributed by atoms with van der Waals surface area (Å²) in [5.41, 5.74) is 0.772. The van der Waals surface area contributed by atoms with E-state index in [1.165, 1.54) is 5.57 Å². The van der Waals surface area contributed by atoms with E-state index in [-0.39, 0.29) is 34.6 Å². The molecule has 1 aliphatic heterocycles. The highest BCUT2D eigenvalue weighted by Gasteiger charge is 2.67. The maximum absolute atomic E-state index is 12.2. The number of aliphatic hydroxyl groups excluding tert-OH is 1. The van der Waals surface area contributed by atoms with Gasteiger partial charge in [-0.15, -0.1) is 5.16 Å². The highest BCUT2D eigenvalue weighted by Crippen LogP contribution is 2.69. The average Bonchev–Trinajstić information content (AvgIpc) is 3.23. The summed E-state index contributed by atoms with van der Waals surface area (Å²) in [7, 11) is 0. The number of aliphatic hydroxyl groups is 2. The lowest BCUT2D eigenvalue weighted by Crippen LogP contribution is -2.61. The molecule has 3 fully saturated rings. The van der Waals surface area contributed by atoms with Gasteiger partial charge in [-0.25, -0.2) is 4.79 Å². The molecule has 6 heteroatoms. The van der Waals surface area contributed by atoms with E-state index in [4.69, 9.17) is 4.74 Å². The second-order valence-electron chi connectivity index (χ2n) is 10.1. The fraction of sp³-hybridized carbons (Fsp3) is 0.739. The Morgan fingerprint density at radius 3 is 2.72 bits per heavy atom. The van der Waals surface area contributed by atoms with Crippen molar-refractivity contribution in [3.8, 4) is 0 Å². The number of carbonyl (C=O) groups excluding carboxylic acids is 1. The van der Waals surface area contributed by atoms with Crippen LogP contribution in [0.4, 0.5) is 0 Å². The number of oxime groups is 1. The Labute approximate surface area is 171 Å². The first-order valence-electron chi connectivity index (χ1n) is 11.0. The van der Waals surface area contributed by atoms with Crippen LogP contribution < -0.4 is 0 Å². The summed E-state index contributed by atoms with van der Waals surface area (Å²) < 4.78 is 5.18. The summed E-state index contributed by atoms with van der Waals surface area (Å²) in [6, 6.07) is 0. The fourth-order valence-electron chi connectivity index (χ4n) is 7.92. The van der Waals surface area contributed by atoms with Gasteiger partial charge in [0, 0.05) is 16.9 Å². The van der Waals surface area contributed by atoms with Gasteiger partial charge in [0.2, 0.25) is 0 Å². The Bertz CT molecular complexity index is 818. The third kappa shape index (κ3) is 2.48. The molecule has 0 saturated heterocycles. The van der Waals surface area contributed by atoms with Crippen molar-refractivity contribution in [2.75, 3.05) is 6.61 Å². The zero-order valence-electron chi connectivity index (χ0n) is 17.0. The molecule has 7 atom stereocenters. The Morgan fingerprint density at radius 2 is 2.00 bits per heavy atom. The number of allylic oxidation sites excluding steroid dienone is 1. The van der Waals surface area contributed by atoms with E-state index in [1.807, 2.05) is 6.08 Å². The van der Waals surface area contributed by atoms with E-state index in [9.17, 15) is 20.2 Å². The standard InChI is InChI=1S/C23H31NO5/c1-21-7-5-18-19(3-2-15-11-16(25)4-8-22(15,18)13-24-28)23(21,27)9-6-17(21)14-10-20(26)29-12-14/h10-11,13,16-19,25,27-28H,2-9,12H2,1H3/b24-13+/t16-,17-,18-,19+,21-,22-,23-/m1/s1. The van der Waals surface area contributed by atoms with Gasteiger partial charge in [0.05, 0.1) is 17.9 Å². The molecule has 0 aromatic carbocycles. The molecule has 0 bridgehead atoms. The minimum atomic E-state index is -0.801. The van der Waals surface area contributed by atoms with Crippen molar-refractivity contribution in [3.63, 3.8) is 0 Å². The normalized spacial score (nSPS) is 49.1. The number of hydrogen-bond donors (Lipinski definition) is 3. The van der Waals surface area contributed by atoms with Gasteiger partial charge in [-0.2, -0.15) is 0 Å². The van der Waals surface area contributed by atoms with Gasteiger partial charge in [-0.1, -0.05) is 18.6 Å². The maximum Gasteiger partial charge on any atom is 0.331 e. The third-order valence-corrected chi connectivity index (χ3v) is 9.30. The van der Waals surface area contributed by atoms with Gasteiger partial charge in [-0.3, -0.25) is 0 Å². The molecule has 0 radical (unpaired) electrons. The number of nitrogens with zero attached hydrogens (tertiary/aromatic N) is 1. The Morgan fingerprint density at radius 1 is 1.17 bits per heavy atom. The number of rotatable bonds is 2. The molecule has 3 N–H and O–H groups in total. The van der Waals surface area contributed by atoms with Crippen molar-refractivity contribution in [2.45, 2.75) is 70.0 Å². The van der Waals surface area contributed by atoms with Gasteiger partial charge < -0.3 is 20.2 Å². The van der Waals surface area contributed by atoms with Crippen LogP contribution >= 0.6 is 0 Å². The summed E-state index contributed by atoms with van der Waals surface area (Å²) in [6.07, 6.45) is 11.4. The molecule has 0 aromatic heterocycles. The Hall–Kier alpha value is -1.66. The fourth-order valence-corrected chi connectivity index (χ4v) is 7.92. The smallest absolute Gasteiger partial charge is 0.331 e. The molecule has 29 heavy (non-hydrogen) atoms. The van der Waals surface area contributed by atoms with E-state index in [1.54, 1.807) is 12.3 Å². The van der Waals surface area contributed by atoms with Crippen molar-refractivity contribution in [2.24, 2.45) is 33.7 Å². The SMILES string of the molecule is C[C@]12CC[C@@H]3[C@H](CCC4=C[C@H](O)CC[C@@]43/C=N/O)[C@]1(O)CC[C@@H]2C1=CC(=O)OC1. The molecule has 0 spiro atoms. The van der Waals surface area contributed by atoms with Crippen molar-refractivity contribution in [1.82, 2.24) is 0 Å². The average molecular weight is 402 g/mol. The second kappa shape index (κ2) is 6.42. The van der Waals surface area contributed by atoms with Crippen molar-refractivity contribution in [3.05, 3.63) is 23.3 Å². The summed E-state index contributed by atoms with van der Waals surface area (Å²) in [4.78, 5) is 11.7. The van der Waals surface area contributed by atoms with Crippen LogP contribution in [0.15, 0.2) is 28.5 Å². The Balaban J connectivity index is 1.53. The van der Waals surface area contributed by atoms with E-state index < -0.39 is 11.7 Å². The summed E-state index contributed by atoms with van der Waals surface area (Å²) >= 11 is 0. The zero-order valence-corrected chi connectivity index (χ0v) is 17.0. The van der Waals surface area contributed by atoms with E-state index in [0.717, 1.165) is 50.5 Å². The molecule has 6 nitrogen and oxygen atoms in total. The topological polar surface area (TPSA) is 99.4 Å². The first-order chi connectivity index (χ1) is 13.8. The molecule has 5 rings (SSSR count). The van der Waals surface area contributed by atoms with Crippen LogP contribution in [0.2, 0.25) is 0 Å². The number of cyclic esters (lactones) is 1. The van der Waals surface area contributed by atoms with E-state index in [2.05, 4.69) is 12.1 Å². The molecule has 0 amide bonds. The number of ether oxygens (including phenoxy) is 1. The van der Waals surface area contributed by atoms with Gasteiger partial charge in [-0.05, 0) is 74.7 Å². The minimum absolute atomic E-state index is 0.121. The molecular weight excluding hydrogens is 370 g/mol. The van der Waals surface area contributed by atoms with Crippen molar-refractivity contribution in [1.29, 1.82) is 0 Å². The summed E-state index contributed by atoms with van der Waals surface area (Å²) in [6.45, 7) is 2.56.